The first-order valence-electron chi connectivity index (χ1n) is 12.5. The minimum atomic E-state index is 0.271. The Kier molecular flexibility index (Phi) is 6.42. The van der Waals surface area contributed by atoms with E-state index in [0.29, 0.717) is 17.9 Å². The summed E-state index contributed by atoms with van der Waals surface area (Å²) in [5.74, 6) is 1.36. The summed E-state index contributed by atoms with van der Waals surface area (Å²) in [6.07, 6.45) is 12.1. The molecule has 3 fully saturated rings. The van der Waals surface area contributed by atoms with E-state index in [1.807, 2.05) is 0 Å². The average Bonchev–Trinajstić information content (AvgIpc) is 3.54. The van der Waals surface area contributed by atoms with Crippen molar-refractivity contribution >= 4 is 5.91 Å². The molecule has 164 valence electrons. The van der Waals surface area contributed by atoms with Crippen LogP contribution in [0.25, 0.3) is 0 Å². The van der Waals surface area contributed by atoms with E-state index in [2.05, 4.69) is 34.1 Å². The lowest BCUT2D eigenvalue weighted by Crippen LogP contribution is -2.47. The highest BCUT2D eigenvalue weighted by atomic mass is 16.5. The normalized spacial score (nSPS) is 26.3. The second-order valence-electron chi connectivity index (χ2n) is 10.2. The molecule has 0 N–H and O–H groups in total. The largest absolute Gasteiger partial charge is 0.376 e. The van der Waals surface area contributed by atoms with Crippen LogP contribution in [-0.2, 0) is 22.4 Å². The molecule has 4 nitrogen and oxygen atoms in total. The van der Waals surface area contributed by atoms with E-state index in [-0.39, 0.29) is 12.0 Å². The number of hydrogen-bond donors (Lipinski definition) is 0. The number of carbonyl (C=O) groups excluding carboxylic acids is 1. The van der Waals surface area contributed by atoms with Gasteiger partial charge in [0.15, 0.2) is 0 Å². The van der Waals surface area contributed by atoms with E-state index < -0.39 is 0 Å². The fourth-order valence-corrected chi connectivity index (χ4v) is 6.33. The maximum absolute atomic E-state index is 13.3. The van der Waals surface area contributed by atoms with Gasteiger partial charge in [-0.05, 0) is 81.5 Å². The zero-order chi connectivity index (χ0) is 20.3. The van der Waals surface area contributed by atoms with Crippen LogP contribution in [0.3, 0.4) is 0 Å². The molecule has 4 aliphatic rings. The minimum absolute atomic E-state index is 0.271. The molecule has 1 atom stereocenters. The van der Waals surface area contributed by atoms with Gasteiger partial charge in [-0.2, -0.15) is 0 Å². The Labute approximate surface area is 182 Å². The van der Waals surface area contributed by atoms with Gasteiger partial charge in [0.05, 0.1) is 6.10 Å². The third kappa shape index (κ3) is 4.60. The molecule has 2 aliphatic carbocycles. The summed E-state index contributed by atoms with van der Waals surface area (Å²) in [4.78, 5) is 18.2. The van der Waals surface area contributed by atoms with Gasteiger partial charge in [0.25, 0.3) is 0 Å². The van der Waals surface area contributed by atoms with E-state index in [0.717, 1.165) is 45.4 Å². The van der Waals surface area contributed by atoms with E-state index in [1.54, 1.807) is 11.1 Å². The molecule has 0 bridgehead atoms. The van der Waals surface area contributed by atoms with Crippen LogP contribution in [0, 0.1) is 11.8 Å². The summed E-state index contributed by atoms with van der Waals surface area (Å²) in [6, 6.07) is 9.65. The highest BCUT2D eigenvalue weighted by Gasteiger charge is 2.34. The van der Waals surface area contributed by atoms with Gasteiger partial charge in [-0.1, -0.05) is 37.1 Å². The van der Waals surface area contributed by atoms with Gasteiger partial charge in [0.1, 0.15) is 0 Å². The Bertz CT molecular complexity index is 690. The average molecular weight is 411 g/mol. The number of rotatable bonds is 6. The number of likely N-dealkylation sites (tertiary alicyclic amines) is 1. The fourth-order valence-electron chi connectivity index (χ4n) is 6.33. The summed E-state index contributed by atoms with van der Waals surface area (Å²) in [7, 11) is 0. The van der Waals surface area contributed by atoms with Crippen molar-refractivity contribution in [3.63, 3.8) is 0 Å². The maximum atomic E-state index is 13.3. The lowest BCUT2D eigenvalue weighted by Gasteiger charge is -2.38. The van der Waals surface area contributed by atoms with Gasteiger partial charge in [-0.25, -0.2) is 0 Å². The van der Waals surface area contributed by atoms with Crippen molar-refractivity contribution in [1.82, 2.24) is 9.80 Å². The minimum Gasteiger partial charge on any atom is -0.376 e. The van der Waals surface area contributed by atoms with Crippen molar-refractivity contribution in [3.8, 4) is 0 Å². The second-order valence-corrected chi connectivity index (χ2v) is 10.2. The van der Waals surface area contributed by atoms with Crippen molar-refractivity contribution in [2.24, 2.45) is 11.8 Å². The fraction of sp³-hybridized carbons (Fsp3) is 0.731. The Hall–Kier alpha value is -1.39. The van der Waals surface area contributed by atoms with Crippen molar-refractivity contribution in [2.45, 2.75) is 76.4 Å². The zero-order valence-corrected chi connectivity index (χ0v) is 18.4. The van der Waals surface area contributed by atoms with E-state index in [4.69, 9.17) is 4.74 Å². The molecule has 5 rings (SSSR count). The summed E-state index contributed by atoms with van der Waals surface area (Å²) in [6.45, 7) is 5.03. The summed E-state index contributed by atoms with van der Waals surface area (Å²) in [5, 5.41) is 0. The zero-order valence-electron chi connectivity index (χ0n) is 18.4. The highest BCUT2D eigenvalue weighted by Crippen LogP contribution is 2.31. The van der Waals surface area contributed by atoms with Crippen LogP contribution in [0.2, 0.25) is 0 Å². The number of ether oxygens (including phenoxy) is 1. The lowest BCUT2D eigenvalue weighted by molar-refractivity contribution is -0.138. The Balaban J connectivity index is 1.15. The smallest absolute Gasteiger partial charge is 0.225 e. The van der Waals surface area contributed by atoms with Crippen molar-refractivity contribution in [1.29, 1.82) is 0 Å². The van der Waals surface area contributed by atoms with Crippen LogP contribution in [0.4, 0.5) is 0 Å². The topological polar surface area (TPSA) is 32.8 Å². The molecule has 2 aliphatic heterocycles. The number of benzene rings is 1. The molecule has 30 heavy (non-hydrogen) atoms. The van der Waals surface area contributed by atoms with Crippen LogP contribution in [0.15, 0.2) is 24.3 Å². The molecule has 0 radical (unpaired) electrons. The van der Waals surface area contributed by atoms with Crippen LogP contribution in [0.1, 0.15) is 62.5 Å². The number of carbonyl (C=O) groups is 1. The number of amides is 1. The number of fused-ring (bicyclic) bond motifs is 1. The molecule has 0 unspecified atom stereocenters. The monoisotopic (exact) mass is 410 g/mol. The van der Waals surface area contributed by atoms with Gasteiger partial charge in [0.2, 0.25) is 5.91 Å². The molecule has 1 amide bonds. The third-order valence-electron chi connectivity index (χ3n) is 8.14. The predicted octanol–water partition coefficient (Wildman–Crippen LogP) is 4.06. The SMILES string of the molecule is O=C(C1CCCC1)N(CC1CCN(C2Cc3ccccc3C2)CC1)C[C@@H]1CCCO1. The van der Waals surface area contributed by atoms with E-state index in [1.165, 1.54) is 51.6 Å². The van der Waals surface area contributed by atoms with Crippen LogP contribution in [0.5, 0.6) is 0 Å². The number of piperidine rings is 1. The quantitative estimate of drug-likeness (QED) is 0.709. The van der Waals surface area contributed by atoms with Gasteiger partial charge < -0.3 is 9.64 Å². The van der Waals surface area contributed by atoms with Gasteiger partial charge in [0, 0.05) is 31.7 Å². The van der Waals surface area contributed by atoms with E-state index >= 15 is 0 Å². The van der Waals surface area contributed by atoms with Crippen LogP contribution in [-0.4, -0.2) is 60.6 Å². The number of nitrogens with zero attached hydrogens (tertiary/aromatic N) is 2. The van der Waals surface area contributed by atoms with Gasteiger partial charge >= 0.3 is 0 Å². The van der Waals surface area contributed by atoms with Gasteiger partial charge in [-0.15, -0.1) is 0 Å². The summed E-state index contributed by atoms with van der Waals surface area (Å²) < 4.78 is 5.90. The third-order valence-corrected chi connectivity index (χ3v) is 8.14. The van der Waals surface area contributed by atoms with Crippen LogP contribution >= 0.6 is 0 Å². The molecule has 1 aromatic rings. The van der Waals surface area contributed by atoms with Gasteiger partial charge in [-0.3, -0.25) is 9.69 Å². The molecule has 2 heterocycles. The van der Waals surface area contributed by atoms with E-state index in [9.17, 15) is 4.79 Å². The molecule has 0 aromatic heterocycles. The molecule has 2 saturated heterocycles. The highest BCUT2D eigenvalue weighted by molar-refractivity contribution is 5.79. The first kappa shape index (κ1) is 20.5. The van der Waals surface area contributed by atoms with Crippen LogP contribution < -0.4 is 0 Å². The first-order valence-corrected chi connectivity index (χ1v) is 12.5. The van der Waals surface area contributed by atoms with Crippen molar-refractivity contribution < 1.29 is 9.53 Å². The predicted molar refractivity (Wildman–Crippen MR) is 119 cm³/mol. The molecule has 1 aromatic carbocycles. The van der Waals surface area contributed by atoms with Crippen molar-refractivity contribution in [3.05, 3.63) is 35.4 Å². The molecular formula is C26H38N2O2. The molecular weight excluding hydrogens is 372 g/mol. The Morgan fingerprint density at radius 1 is 0.933 bits per heavy atom. The molecule has 1 saturated carbocycles. The summed E-state index contributed by atoms with van der Waals surface area (Å²) in [5.41, 5.74) is 3.10. The molecule has 4 heteroatoms. The van der Waals surface area contributed by atoms with Crippen molar-refractivity contribution in [2.75, 3.05) is 32.8 Å². The lowest BCUT2D eigenvalue weighted by atomic mass is 9.93. The maximum Gasteiger partial charge on any atom is 0.225 e. The number of hydrogen-bond acceptors (Lipinski definition) is 3. The first-order chi connectivity index (χ1) is 14.8. The standard InChI is InChI=1S/C26H38N2O2/c29-26(21-6-1-2-7-21)28(19-25-10-5-15-30-25)18-20-11-13-27(14-12-20)24-16-22-8-3-4-9-23(22)17-24/h3-4,8-9,20-21,24-25H,1-2,5-7,10-19H2/t25-/m0/s1. The Morgan fingerprint density at radius 3 is 2.27 bits per heavy atom. The Morgan fingerprint density at radius 2 is 1.63 bits per heavy atom. The second kappa shape index (κ2) is 9.40. The molecule has 0 spiro atoms. The summed E-state index contributed by atoms with van der Waals surface area (Å²) >= 11 is 0.